The maximum Gasteiger partial charge on any atom is 0.120 e. The van der Waals surface area contributed by atoms with Gasteiger partial charge in [-0.25, -0.2) is 0 Å². The van der Waals surface area contributed by atoms with E-state index < -0.39 is 0 Å². The molecular formula is C16H18N2O. The second-order valence-electron chi connectivity index (χ2n) is 5.17. The van der Waals surface area contributed by atoms with Crippen LogP contribution in [0.2, 0.25) is 0 Å². The maximum atomic E-state index is 6.03. The highest BCUT2D eigenvalue weighted by Crippen LogP contribution is 2.32. The summed E-state index contributed by atoms with van der Waals surface area (Å²) < 4.78 is 5.83. The lowest BCUT2D eigenvalue weighted by Gasteiger charge is -2.09. The molecular weight excluding hydrogens is 236 g/mol. The molecule has 1 unspecified atom stereocenters. The van der Waals surface area contributed by atoms with Crippen molar-refractivity contribution in [3.8, 4) is 5.75 Å². The fourth-order valence-electron chi connectivity index (χ4n) is 2.58. The highest BCUT2D eigenvalue weighted by Gasteiger charge is 2.18. The molecule has 0 saturated heterocycles. The molecule has 3 rings (SSSR count). The fraction of sp³-hybridized carbons (Fsp3) is 0.312. The van der Waals surface area contributed by atoms with Crippen LogP contribution in [0.15, 0.2) is 36.7 Å². The summed E-state index contributed by atoms with van der Waals surface area (Å²) in [6.07, 6.45) is 5.79. The van der Waals surface area contributed by atoms with Crippen LogP contribution < -0.4 is 10.5 Å². The summed E-state index contributed by atoms with van der Waals surface area (Å²) in [5.41, 5.74) is 10.9. The molecule has 0 saturated carbocycles. The van der Waals surface area contributed by atoms with Crippen LogP contribution in [0.5, 0.6) is 5.75 Å². The van der Waals surface area contributed by atoms with Gasteiger partial charge < -0.3 is 10.5 Å². The number of pyridine rings is 1. The third-order valence-corrected chi connectivity index (χ3v) is 3.58. The molecule has 0 aliphatic heterocycles. The molecule has 1 heterocycles. The van der Waals surface area contributed by atoms with Crippen molar-refractivity contribution >= 4 is 0 Å². The standard InChI is InChI=1S/C16H18N2O/c1-11-6-12(9-18-8-11)10-19-14-3-4-15-13(7-14)2-5-16(15)17/h3-4,6-9,16H,2,5,10,17H2,1H3. The molecule has 1 atom stereocenters. The van der Waals surface area contributed by atoms with E-state index in [1.807, 2.05) is 25.4 Å². The van der Waals surface area contributed by atoms with Gasteiger partial charge in [0.1, 0.15) is 12.4 Å². The number of hydrogen-bond donors (Lipinski definition) is 1. The van der Waals surface area contributed by atoms with Gasteiger partial charge in [0.2, 0.25) is 0 Å². The van der Waals surface area contributed by atoms with Crippen LogP contribution in [0, 0.1) is 6.92 Å². The Bertz CT molecular complexity index is 595. The first-order valence-corrected chi connectivity index (χ1v) is 6.64. The first kappa shape index (κ1) is 12.2. The van der Waals surface area contributed by atoms with Crippen LogP contribution in [0.3, 0.4) is 0 Å². The molecule has 0 amide bonds. The number of rotatable bonds is 3. The zero-order valence-corrected chi connectivity index (χ0v) is 11.1. The minimum Gasteiger partial charge on any atom is -0.489 e. The third kappa shape index (κ3) is 2.61. The monoisotopic (exact) mass is 254 g/mol. The first-order chi connectivity index (χ1) is 9.22. The Morgan fingerprint density at radius 3 is 3.05 bits per heavy atom. The minimum atomic E-state index is 0.199. The number of nitrogens with two attached hydrogens (primary N) is 1. The molecule has 1 aliphatic rings. The van der Waals surface area contributed by atoms with Crippen LogP contribution >= 0.6 is 0 Å². The highest BCUT2D eigenvalue weighted by atomic mass is 16.5. The maximum absolute atomic E-state index is 6.03. The zero-order valence-electron chi connectivity index (χ0n) is 11.1. The van der Waals surface area contributed by atoms with Crippen LogP contribution in [0.25, 0.3) is 0 Å². The molecule has 0 bridgehead atoms. The van der Waals surface area contributed by atoms with E-state index in [2.05, 4.69) is 23.2 Å². The van der Waals surface area contributed by atoms with Crippen molar-refractivity contribution in [1.29, 1.82) is 0 Å². The molecule has 0 fully saturated rings. The van der Waals surface area contributed by atoms with E-state index in [4.69, 9.17) is 10.5 Å². The quantitative estimate of drug-likeness (QED) is 0.916. The molecule has 98 valence electrons. The van der Waals surface area contributed by atoms with Crippen LogP contribution in [0.4, 0.5) is 0 Å². The lowest BCUT2D eigenvalue weighted by Crippen LogP contribution is -2.05. The number of aromatic nitrogens is 1. The van der Waals surface area contributed by atoms with Gasteiger partial charge in [-0.3, -0.25) is 4.98 Å². The molecule has 3 heteroatoms. The second-order valence-corrected chi connectivity index (χ2v) is 5.17. The molecule has 0 radical (unpaired) electrons. The van der Waals surface area contributed by atoms with Gasteiger partial charge in [-0.15, -0.1) is 0 Å². The van der Waals surface area contributed by atoms with Gasteiger partial charge in [0.15, 0.2) is 0 Å². The average molecular weight is 254 g/mol. The van der Waals surface area contributed by atoms with Crippen molar-refractivity contribution in [2.24, 2.45) is 5.73 Å². The van der Waals surface area contributed by atoms with Gasteiger partial charge in [0, 0.05) is 24.0 Å². The van der Waals surface area contributed by atoms with Gasteiger partial charge in [-0.2, -0.15) is 0 Å². The molecule has 19 heavy (non-hydrogen) atoms. The first-order valence-electron chi connectivity index (χ1n) is 6.64. The fourth-order valence-corrected chi connectivity index (χ4v) is 2.58. The van der Waals surface area contributed by atoms with Crippen LogP contribution in [-0.2, 0) is 13.0 Å². The third-order valence-electron chi connectivity index (χ3n) is 3.58. The predicted octanol–water partition coefficient (Wildman–Crippen LogP) is 2.92. The Balaban J connectivity index is 1.71. The van der Waals surface area contributed by atoms with E-state index in [-0.39, 0.29) is 6.04 Å². The summed E-state index contributed by atoms with van der Waals surface area (Å²) in [4.78, 5) is 4.17. The van der Waals surface area contributed by atoms with E-state index >= 15 is 0 Å². The molecule has 2 aromatic rings. The van der Waals surface area contributed by atoms with Gasteiger partial charge in [0.05, 0.1) is 0 Å². The summed E-state index contributed by atoms with van der Waals surface area (Å²) in [7, 11) is 0. The van der Waals surface area contributed by atoms with Crippen LogP contribution in [0.1, 0.15) is 34.7 Å². The summed E-state index contributed by atoms with van der Waals surface area (Å²) in [5.74, 6) is 0.911. The number of nitrogens with zero attached hydrogens (tertiary/aromatic N) is 1. The molecule has 1 aliphatic carbocycles. The molecule has 3 nitrogen and oxygen atoms in total. The largest absolute Gasteiger partial charge is 0.489 e. The molecule has 2 N–H and O–H groups in total. The Kier molecular flexibility index (Phi) is 3.22. The minimum absolute atomic E-state index is 0.199. The van der Waals surface area contributed by atoms with E-state index in [1.54, 1.807) is 0 Å². The van der Waals surface area contributed by atoms with E-state index in [1.165, 1.54) is 11.1 Å². The van der Waals surface area contributed by atoms with E-state index in [9.17, 15) is 0 Å². The van der Waals surface area contributed by atoms with Crippen molar-refractivity contribution in [2.45, 2.75) is 32.4 Å². The summed E-state index contributed by atoms with van der Waals surface area (Å²) in [5, 5.41) is 0. The number of aryl methyl sites for hydroxylation is 2. The summed E-state index contributed by atoms with van der Waals surface area (Å²) in [6, 6.07) is 8.51. The topological polar surface area (TPSA) is 48.1 Å². The van der Waals surface area contributed by atoms with Crippen molar-refractivity contribution in [1.82, 2.24) is 4.98 Å². The predicted molar refractivity (Wildman–Crippen MR) is 75.0 cm³/mol. The average Bonchev–Trinajstić information content (AvgIpc) is 2.78. The second kappa shape index (κ2) is 5.02. The molecule has 1 aromatic carbocycles. The van der Waals surface area contributed by atoms with Crippen molar-refractivity contribution < 1.29 is 4.74 Å². The van der Waals surface area contributed by atoms with Gasteiger partial charge in [-0.05, 0) is 54.7 Å². The normalized spacial score (nSPS) is 17.3. The zero-order chi connectivity index (χ0) is 13.2. The lowest BCUT2D eigenvalue weighted by molar-refractivity contribution is 0.305. The Morgan fingerprint density at radius 2 is 2.21 bits per heavy atom. The van der Waals surface area contributed by atoms with Crippen molar-refractivity contribution in [3.63, 3.8) is 0 Å². The number of ether oxygens (including phenoxy) is 1. The van der Waals surface area contributed by atoms with E-state index in [0.29, 0.717) is 6.61 Å². The van der Waals surface area contributed by atoms with Crippen molar-refractivity contribution in [2.75, 3.05) is 0 Å². The highest BCUT2D eigenvalue weighted by molar-refractivity contribution is 5.40. The Morgan fingerprint density at radius 1 is 1.32 bits per heavy atom. The summed E-state index contributed by atoms with van der Waals surface area (Å²) in [6.45, 7) is 2.59. The Labute approximate surface area is 113 Å². The number of fused-ring (bicyclic) bond motifs is 1. The lowest BCUT2D eigenvalue weighted by atomic mass is 10.1. The van der Waals surface area contributed by atoms with Gasteiger partial charge >= 0.3 is 0 Å². The number of hydrogen-bond acceptors (Lipinski definition) is 3. The summed E-state index contributed by atoms with van der Waals surface area (Å²) >= 11 is 0. The smallest absolute Gasteiger partial charge is 0.120 e. The van der Waals surface area contributed by atoms with Crippen molar-refractivity contribution in [3.05, 3.63) is 58.9 Å². The van der Waals surface area contributed by atoms with Gasteiger partial charge in [0.25, 0.3) is 0 Å². The number of benzene rings is 1. The SMILES string of the molecule is Cc1cncc(COc2ccc3c(c2)CCC3N)c1. The molecule has 0 spiro atoms. The molecule has 1 aromatic heterocycles. The van der Waals surface area contributed by atoms with E-state index in [0.717, 1.165) is 29.7 Å². The Hall–Kier alpha value is -1.87. The van der Waals surface area contributed by atoms with Gasteiger partial charge in [-0.1, -0.05) is 6.07 Å². The van der Waals surface area contributed by atoms with Crippen LogP contribution in [-0.4, -0.2) is 4.98 Å².